The minimum atomic E-state index is -0.486. The lowest BCUT2D eigenvalue weighted by Gasteiger charge is -2.39. The van der Waals surface area contributed by atoms with Gasteiger partial charge in [0.15, 0.2) is 0 Å². The molecule has 1 aliphatic heterocycles. The van der Waals surface area contributed by atoms with Crippen molar-refractivity contribution in [3.8, 4) is 0 Å². The lowest BCUT2D eigenvalue weighted by atomic mass is 9.72. The predicted molar refractivity (Wildman–Crippen MR) is 106 cm³/mol. The van der Waals surface area contributed by atoms with E-state index in [-0.39, 0.29) is 11.6 Å². The van der Waals surface area contributed by atoms with E-state index in [9.17, 15) is 9.59 Å². The van der Waals surface area contributed by atoms with Crippen LogP contribution in [0.2, 0.25) is 0 Å². The van der Waals surface area contributed by atoms with Crippen LogP contribution in [0.1, 0.15) is 24.0 Å². The maximum Gasteiger partial charge on any atom is 0.323 e. The second-order valence-electron chi connectivity index (χ2n) is 7.39. The SMILES string of the molecule is CN1CCC(C(=O)NCc2ccc3[nH]c(=O)[nH]c3c2)(c2ccccc2)CC1. The van der Waals surface area contributed by atoms with Gasteiger partial charge in [0.25, 0.3) is 0 Å². The van der Waals surface area contributed by atoms with Crippen molar-refractivity contribution in [2.24, 2.45) is 0 Å². The van der Waals surface area contributed by atoms with Gasteiger partial charge in [0.2, 0.25) is 5.91 Å². The van der Waals surface area contributed by atoms with Gasteiger partial charge in [-0.1, -0.05) is 36.4 Å². The minimum absolute atomic E-state index is 0.0736. The number of piperidine rings is 1. The number of aromatic amines is 2. The molecule has 1 aliphatic rings. The van der Waals surface area contributed by atoms with Crippen molar-refractivity contribution in [2.75, 3.05) is 20.1 Å². The molecule has 2 heterocycles. The van der Waals surface area contributed by atoms with Crippen molar-refractivity contribution in [3.05, 3.63) is 70.1 Å². The molecular weight excluding hydrogens is 340 g/mol. The van der Waals surface area contributed by atoms with Gasteiger partial charge in [-0.15, -0.1) is 0 Å². The van der Waals surface area contributed by atoms with Gasteiger partial charge in [-0.05, 0) is 56.2 Å². The van der Waals surface area contributed by atoms with Crippen LogP contribution >= 0.6 is 0 Å². The van der Waals surface area contributed by atoms with Crippen LogP contribution in [-0.4, -0.2) is 40.9 Å². The fourth-order valence-electron chi connectivity index (χ4n) is 3.95. The first-order valence-electron chi connectivity index (χ1n) is 9.30. The van der Waals surface area contributed by atoms with Crippen LogP contribution in [0.15, 0.2) is 53.3 Å². The summed E-state index contributed by atoms with van der Waals surface area (Å²) in [4.78, 5) is 32.4. The van der Waals surface area contributed by atoms with Gasteiger partial charge >= 0.3 is 5.69 Å². The molecule has 0 aliphatic carbocycles. The summed E-state index contributed by atoms with van der Waals surface area (Å²) < 4.78 is 0. The van der Waals surface area contributed by atoms with Gasteiger partial charge < -0.3 is 20.2 Å². The lowest BCUT2D eigenvalue weighted by Crippen LogP contribution is -2.50. The van der Waals surface area contributed by atoms with Crippen LogP contribution < -0.4 is 11.0 Å². The molecule has 3 N–H and O–H groups in total. The number of nitrogens with zero attached hydrogens (tertiary/aromatic N) is 1. The van der Waals surface area contributed by atoms with Crippen molar-refractivity contribution >= 4 is 16.9 Å². The van der Waals surface area contributed by atoms with E-state index >= 15 is 0 Å². The Morgan fingerprint density at radius 2 is 1.78 bits per heavy atom. The molecule has 0 atom stereocenters. The molecule has 0 bridgehead atoms. The number of rotatable bonds is 4. The third kappa shape index (κ3) is 3.40. The molecule has 140 valence electrons. The third-order valence-corrected chi connectivity index (χ3v) is 5.64. The van der Waals surface area contributed by atoms with Crippen molar-refractivity contribution in [3.63, 3.8) is 0 Å². The average Bonchev–Trinajstić information content (AvgIpc) is 3.07. The summed E-state index contributed by atoms with van der Waals surface area (Å²) in [6.45, 7) is 2.24. The molecule has 0 radical (unpaired) electrons. The zero-order valence-electron chi connectivity index (χ0n) is 15.4. The van der Waals surface area contributed by atoms with E-state index in [0.29, 0.717) is 6.54 Å². The molecule has 4 rings (SSSR count). The second kappa shape index (κ2) is 7.04. The highest BCUT2D eigenvalue weighted by atomic mass is 16.2. The van der Waals surface area contributed by atoms with Crippen LogP contribution in [0.4, 0.5) is 0 Å². The minimum Gasteiger partial charge on any atom is -0.351 e. The molecule has 1 saturated heterocycles. The topological polar surface area (TPSA) is 81.0 Å². The number of benzene rings is 2. The van der Waals surface area contributed by atoms with E-state index in [1.807, 2.05) is 36.4 Å². The Bertz CT molecular complexity index is 998. The van der Waals surface area contributed by atoms with E-state index in [2.05, 4.69) is 39.4 Å². The first kappa shape index (κ1) is 17.5. The van der Waals surface area contributed by atoms with Crippen LogP contribution in [0.5, 0.6) is 0 Å². The number of hydrogen-bond donors (Lipinski definition) is 3. The standard InChI is InChI=1S/C21H24N4O2/c1-25-11-9-21(10-12-25,16-5-3-2-4-6-16)19(26)22-14-15-7-8-17-18(13-15)24-20(27)23-17/h2-8,13H,9-12,14H2,1H3,(H,22,26)(H2,23,24,27). The molecule has 27 heavy (non-hydrogen) atoms. The maximum absolute atomic E-state index is 13.3. The van der Waals surface area contributed by atoms with Gasteiger partial charge in [0.05, 0.1) is 16.4 Å². The predicted octanol–water partition coefficient (Wildman–Crippen LogP) is 2.14. The van der Waals surface area contributed by atoms with E-state index in [1.54, 1.807) is 0 Å². The summed E-state index contributed by atoms with van der Waals surface area (Å²) >= 11 is 0. The first-order chi connectivity index (χ1) is 13.1. The van der Waals surface area contributed by atoms with Crippen LogP contribution in [0, 0.1) is 0 Å². The normalized spacial score (nSPS) is 17.1. The van der Waals surface area contributed by atoms with Gasteiger partial charge in [0.1, 0.15) is 0 Å². The molecule has 0 unspecified atom stereocenters. The quantitative estimate of drug-likeness (QED) is 0.663. The number of aromatic nitrogens is 2. The van der Waals surface area contributed by atoms with Crippen LogP contribution in [0.25, 0.3) is 11.0 Å². The van der Waals surface area contributed by atoms with Crippen LogP contribution in [0.3, 0.4) is 0 Å². The summed E-state index contributed by atoms with van der Waals surface area (Å²) in [5.74, 6) is 0.0736. The first-order valence-corrected chi connectivity index (χ1v) is 9.30. The molecular formula is C21H24N4O2. The van der Waals surface area contributed by atoms with Gasteiger partial charge in [-0.2, -0.15) is 0 Å². The van der Waals surface area contributed by atoms with Gasteiger partial charge in [-0.25, -0.2) is 4.79 Å². The number of likely N-dealkylation sites (tertiary alicyclic amines) is 1. The summed E-state index contributed by atoms with van der Waals surface area (Å²) in [5.41, 5.74) is 2.86. The molecule has 0 spiro atoms. The number of fused-ring (bicyclic) bond motifs is 1. The van der Waals surface area contributed by atoms with E-state index in [4.69, 9.17) is 0 Å². The summed E-state index contributed by atoms with van der Waals surface area (Å²) in [6, 6.07) is 15.8. The highest BCUT2D eigenvalue weighted by Gasteiger charge is 2.42. The Labute approximate surface area is 157 Å². The fourth-order valence-corrected chi connectivity index (χ4v) is 3.95. The second-order valence-corrected chi connectivity index (χ2v) is 7.39. The van der Waals surface area contributed by atoms with E-state index in [0.717, 1.165) is 48.1 Å². The zero-order chi connectivity index (χ0) is 18.9. The number of hydrogen-bond acceptors (Lipinski definition) is 3. The number of carbonyl (C=O) groups excluding carboxylic acids is 1. The number of carbonyl (C=O) groups is 1. The molecule has 1 amide bonds. The molecule has 1 aromatic heterocycles. The Hall–Kier alpha value is -2.86. The van der Waals surface area contributed by atoms with Crippen molar-refractivity contribution < 1.29 is 4.79 Å². The van der Waals surface area contributed by atoms with Crippen molar-refractivity contribution in [2.45, 2.75) is 24.8 Å². The zero-order valence-corrected chi connectivity index (χ0v) is 15.4. The number of nitrogens with one attached hydrogen (secondary N) is 3. The fraction of sp³-hybridized carbons (Fsp3) is 0.333. The monoisotopic (exact) mass is 364 g/mol. The Morgan fingerprint density at radius 3 is 2.52 bits per heavy atom. The largest absolute Gasteiger partial charge is 0.351 e. The smallest absolute Gasteiger partial charge is 0.323 e. The summed E-state index contributed by atoms with van der Waals surface area (Å²) in [7, 11) is 2.10. The van der Waals surface area contributed by atoms with Gasteiger partial charge in [0, 0.05) is 6.54 Å². The number of imidazole rings is 1. The highest BCUT2D eigenvalue weighted by molar-refractivity contribution is 5.88. The molecule has 3 aromatic rings. The van der Waals surface area contributed by atoms with E-state index in [1.165, 1.54) is 0 Å². The lowest BCUT2D eigenvalue weighted by molar-refractivity contribution is -0.128. The third-order valence-electron chi connectivity index (χ3n) is 5.64. The van der Waals surface area contributed by atoms with Crippen molar-refractivity contribution in [1.82, 2.24) is 20.2 Å². The highest BCUT2D eigenvalue weighted by Crippen LogP contribution is 2.35. The average molecular weight is 364 g/mol. The van der Waals surface area contributed by atoms with Crippen molar-refractivity contribution in [1.29, 1.82) is 0 Å². The Balaban J connectivity index is 1.55. The molecule has 6 nitrogen and oxygen atoms in total. The molecule has 0 saturated carbocycles. The maximum atomic E-state index is 13.3. The molecule has 6 heteroatoms. The van der Waals surface area contributed by atoms with Crippen LogP contribution in [-0.2, 0) is 16.8 Å². The number of amides is 1. The Kier molecular flexibility index (Phi) is 4.58. The summed E-state index contributed by atoms with van der Waals surface area (Å²) in [6.07, 6.45) is 1.62. The Morgan fingerprint density at radius 1 is 1.07 bits per heavy atom. The van der Waals surface area contributed by atoms with E-state index < -0.39 is 5.41 Å². The number of H-pyrrole nitrogens is 2. The molecule has 2 aromatic carbocycles. The summed E-state index contributed by atoms with van der Waals surface area (Å²) in [5, 5.41) is 3.13. The van der Waals surface area contributed by atoms with Gasteiger partial charge in [-0.3, -0.25) is 4.79 Å². The molecule has 1 fully saturated rings.